The molecule has 0 bridgehead atoms. The van der Waals surface area contributed by atoms with Gasteiger partial charge in [0.05, 0.1) is 26.4 Å². The number of ether oxygens (including phenoxy) is 4. The Kier molecular flexibility index (Phi) is 69.3. The van der Waals surface area contributed by atoms with Crippen molar-refractivity contribution in [2.45, 2.75) is 367 Å². The zero-order valence-electron chi connectivity index (χ0n) is 62.2. The molecule has 0 saturated carbocycles. The fourth-order valence-corrected chi connectivity index (χ4v) is 12.2. The number of phosphoric ester groups is 2. The molecule has 5 atom stereocenters. The van der Waals surface area contributed by atoms with Crippen LogP contribution >= 0.6 is 15.6 Å². The van der Waals surface area contributed by atoms with Crippen LogP contribution in [0, 0.1) is 0 Å². The van der Waals surface area contributed by atoms with Gasteiger partial charge in [0, 0.05) is 25.7 Å². The number of allylic oxidation sites excluding steroid dienone is 12. The number of esters is 4. The third-order valence-electron chi connectivity index (χ3n) is 16.6. The normalized spacial score (nSPS) is 14.3. The summed E-state index contributed by atoms with van der Waals surface area (Å²) in [4.78, 5) is 72.9. The van der Waals surface area contributed by atoms with Crippen molar-refractivity contribution in [3.05, 3.63) is 72.9 Å². The third-order valence-corrected chi connectivity index (χ3v) is 18.5. The molecule has 0 aliphatic carbocycles. The van der Waals surface area contributed by atoms with Crippen LogP contribution < -0.4 is 0 Å². The van der Waals surface area contributed by atoms with E-state index >= 15 is 0 Å². The molecule has 0 radical (unpaired) electrons. The number of carbonyl (C=O) groups excluding carboxylic acids is 4. The zero-order valence-corrected chi connectivity index (χ0v) is 64.0. The standard InChI is InChI=1S/C79H142O17P2/c1-5-9-13-17-21-25-29-33-36-40-43-47-51-55-59-63-76(81)89-69-74(95-78(83)65-61-57-53-49-45-39-32-28-24-20-16-12-8-4)71-93-97(85,86)91-67-73(80)68-92-98(87,88)94-72-75(96-79(84)66-62-58-54-50-46-42-38-35-31-27-23-19-15-11-7-3)70-90-77(82)64-60-56-52-48-44-41-37-34-30-26-22-18-14-10-6-2/h16,20-22,25-26,28,32-34,36-37,73-75,80H,5-15,17-19,23-24,27,29-31,35,38-72H2,1-4H3,(H,85,86)(H,87,88)/b20-16-,25-21-,26-22-,32-28-,36-33-,37-34-. The largest absolute Gasteiger partial charge is 0.472 e. The maximum absolute atomic E-state index is 13.1. The molecular weight excluding hydrogens is 1280 g/mol. The first-order valence-corrected chi connectivity index (χ1v) is 42.2. The molecule has 0 aliphatic rings. The Bertz CT molecular complexity index is 2140. The van der Waals surface area contributed by atoms with Gasteiger partial charge in [-0.15, -0.1) is 0 Å². The first-order valence-electron chi connectivity index (χ1n) is 39.2. The molecular formula is C79H142O17P2. The topological polar surface area (TPSA) is 237 Å². The number of aliphatic hydroxyl groups is 1. The highest BCUT2D eigenvalue weighted by molar-refractivity contribution is 7.47. The molecule has 0 aliphatic heterocycles. The average Bonchev–Trinajstić information content (AvgIpc) is 1.07. The molecule has 570 valence electrons. The summed E-state index contributed by atoms with van der Waals surface area (Å²) in [6.45, 7) is 4.76. The van der Waals surface area contributed by atoms with Gasteiger partial charge in [-0.25, -0.2) is 9.13 Å². The number of hydrogen-bond acceptors (Lipinski definition) is 15. The summed E-state index contributed by atoms with van der Waals surface area (Å²) < 4.78 is 68.5. The summed E-state index contributed by atoms with van der Waals surface area (Å²) in [7, 11) is -9.95. The van der Waals surface area contributed by atoms with Crippen LogP contribution in [0.5, 0.6) is 0 Å². The number of unbranched alkanes of at least 4 members (excludes halogenated alkanes) is 36. The van der Waals surface area contributed by atoms with Gasteiger partial charge in [-0.2, -0.15) is 0 Å². The van der Waals surface area contributed by atoms with Gasteiger partial charge in [0.1, 0.15) is 19.3 Å². The summed E-state index contributed by atoms with van der Waals surface area (Å²) in [6, 6.07) is 0. The van der Waals surface area contributed by atoms with Gasteiger partial charge < -0.3 is 33.8 Å². The van der Waals surface area contributed by atoms with Crippen molar-refractivity contribution >= 4 is 39.5 Å². The van der Waals surface area contributed by atoms with Crippen LogP contribution in [-0.2, 0) is 65.4 Å². The molecule has 0 saturated heterocycles. The van der Waals surface area contributed by atoms with E-state index < -0.39 is 97.5 Å². The predicted octanol–water partition coefficient (Wildman–Crippen LogP) is 22.4. The first kappa shape index (κ1) is 94.5. The molecule has 0 aromatic heterocycles. The Labute approximate surface area is 596 Å². The minimum atomic E-state index is -4.98. The van der Waals surface area contributed by atoms with Crippen molar-refractivity contribution in [3.8, 4) is 0 Å². The van der Waals surface area contributed by atoms with E-state index in [2.05, 4.69) is 101 Å². The molecule has 0 heterocycles. The molecule has 0 amide bonds. The highest BCUT2D eigenvalue weighted by Crippen LogP contribution is 2.45. The lowest BCUT2D eigenvalue weighted by Crippen LogP contribution is -2.30. The summed E-state index contributed by atoms with van der Waals surface area (Å²) >= 11 is 0. The first-order chi connectivity index (χ1) is 47.7. The lowest BCUT2D eigenvalue weighted by molar-refractivity contribution is -0.161. The van der Waals surface area contributed by atoms with E-state index in [4.69, 9.17) is 37.0 Å². The number of hydrogen-bond donors (Lipinski definition) is 3. The molecule has 3 N–H and O–H groups in total. The predicted molar refractivity (Wildman–Crippen MR) is 400 cm³/mol. The van der Waals surface area contributed by atoms with Gasteiger partial charge in [0.15, 0.2) is 12.2 Å². The van der Waals surface area contributed by atoms with E-state index in [0.29, 0.717) is 25.7 Å². The van der Waals surface area contributed by atoms with Crippen molar-refractivity contribution in [2.24, 2.45) is 0 Å². The molecule has 0 fully saturated rings. The Balaban J connectivity index is 5.35. The SMILES string of the molecule is CCC/C=C\C/C=C\CCCCCCCC(=O)OC(COC(=O)CCCCCCC/C=C\C/C=C\CCCCC)COP(=O)(O)OCC(O)COP(=O)(O)OCC(COC(=O)CCCCCCC/C=C\C/C=C\CCCCC)OC(=O)CCCCCCCCCCCCCCCCC. The maximum atomic E-state index is 13.1. The lowest BCUT2D eigenvalue weighted by atomic mass is 10.0. The van der Waals surface area contributed by atoms with E-state index in [1.54, 1.807) is 0 Å². The van der Waals surface area contributed by atoms with E-state index in [-0.39, 0.29) is 25.7 Å². The number of aliphatic hydroxyl groups excluding tert-OH is 1. The molecule has 0 rings (SSSR count). The van der Waals surface area contributed by atoms with Crippen molar-refractivity contribution in [2.75, 3.05) is 39.6 Å². The van der Waals surface area contributed by atoms with E-state index in [1.807, 2.05) is 0 Å². The van der Waals surface area contributed by atoms with Gasteiger partial charge in [0.2, 0.25) is 0 Å². The number of phosphoric acid groups is 2. The lowest BCUT2D eigenvalue weighted by Gasteiger charge is -2.21. The highest BCUT2D eigenvalue weighted by Gasteiger charge is 2.30. The Morgan fingerprint density at radius 3 is 0.816 bits per heavy atom. The van der Waals surface area contributed by atoms with Crippen LogP contribution in [0.4, 0.5) is 0 Å². The Morgan fingerprint density at radius 1 is 0.286 bits per heavy atom. The molecule has 19 heteroatoms. The fourth-order valence-electron chi connectivity index (χ4n) is 10.6. The minimum Gasteiger partial charge on any atom is -0.462 e. The van der Waals surface area contributed by atoms with Crippen molar-refractivity contribution in [1.29, 1.82) is 0 Å². The molecule has 0 aromatic carbocycles. The summed E-state index contributed by atoms with van der Waals surface area (Å²) in [5, 5.41) is 10.6. The molecule has 0 spiro atoms. The van der Waals surface area contributed by atoms with E-state index in [1.165, 1.54) is 103 Å². The third kappa shape index (κ3) is 70.9. The van der Waals surface area contributed by atoms with Crippen LogP contribution in [0.1, 0.15) is 349 Å². The number of carbonyl (C=O) groups is 4. The van der Waals surface area contributed by atoms with Crippen LogP contribution in [0.15, 0.2) is 72.9 Å². The Hall–Kier alpha value is -3.50. The highest BCUT2D eigenvalue weighted by atomic mass is 31.2. The average molecular weight is 1430 g/mol. The van der Waals surface area contributed by atoms with Gasteiger partial charge in [0.25, 0.3) is 0 Å². The second-order valence-corrected chi connectivity index (χ2v) is 29.2. The van der Waals surface area contributed by atoms with Crippen LogP contribution in [0.3, 0.4) is 0 Å². The van der Waals surface area contributed by atoms with Crippen molar-refractivity contribution in [1.82, 2.24) is 0 Å². The molecule has 0 aromatic rings. The van der Waals surface area contributed by atoms with Crippen molar-refractivity contribution < 1.29 is 80.2 Å². The smallest absolute Gasteiger partial charge is 0.462 e. The van der Waals surface area contributed by atoms with Crippen LogP contribution in [-0.4, -0.2) is 96.7 Å². The fraction of sp³-hybridized carbons (Fsp3) is 0.797. The van der Waals surface area contributed by atoms with Crippen LogP contribution in [0.25, 0.3) is 0 Å². The molecule has 5 unspecified atom stereocenters. The quantitative estimate of drug-likeness (QED) is 0.0169. The van der Waals surface area contributed by atoms with E-state index in [9.17, 15) is 43.2 Å². The van der Waals surface area contributed by atoms with Gasteiger partial charge in [-0.1, -0.05) is 280 Å². The maximum Gasteiger partial charge on any atom is 0.472 e. The van der Waals surface area contributed by atoms with Crippen molar-refractivity contribution in [3.63, 3.8) is 0 Å². The summed E-state index contributed by atoms with van der Waals surface area (Å²) in [5.41, 5.74) is 0. The molecule has 17 nitrogen and oxygen atoms in total. The Morgan fingerprint density at radius 2 is 0.520 bits per heavy atom. The summed E-state index contributed by atoms with van der Waals surface area (Å²) in [6.07, 6.45) is 71.6. The number of rotatable bonds is 74. The zero-order chi connectivity index (χ0) is 71.8. The second kappa shape index (κ2) is 71.9. The van der Waals surface area contributed by atoms with E-state index in [0.717, 1.165) is 167 Å². The molecule has 98 heavy (non-hydrogen) atoms. The van der Waals surface area contributed by atoms with Crippen LogP contribution in [0.2, 0.25) is 0 Å². The minimum absolute atomic E-state index is 0.0777. The monoisotopic (exact) mass is 1420 g/mol. The van der Waals surface area contributed by atoms with Gasteiger partial charge in [-0.05, 0) is 116 Å². The second-order valence-electron chi connectivity index (χ2n) is 26.3. The summed E-state index contributed by atoms with van der Waals surface area (Å²) in [5.74, 6) is -2.19. The van der Waals surface area contributed by atoms with Gasteiger partial charge in [-0.3, -0.25) is 37.3 Å². The van der Waals surface area contributed by atoms with Gasteiger partial charge >= 0.3 is 39.5 Å².